The maximum atomic E-state index is 15.1. The minimum atomic E-state index is -0.228. The summed E-state index contributed by atoms with van der Waals surface area (Å²) in [6, 6.07) is 1.54. The number of amides is 2. The molecule has 2 amide bonds. The Balaban J connectivity index is 2.06. The highest BCUT2D eigenvalue weighted by atomic mass is 19.1. The van der Waals surface area contributed by atoms with Crippen molar-refractivity contribution >= 4 is 23.6 Å². The molecule has 1 aromatic rings. The van der Waals surface area contributed by atoms with Gasteiger partial charge in [-0.15, -0.1) is 0 Å². The van der Waals surface area contributed by atoms with Crippen LogP contribution in [-0.4, -0.2) is 54.0 Å². The highest BCUT2D eigenvalue weighted by molar-refractivity contribution is 5.96. The summed E-state index contributed by atoms with van der Waals surface area (Å²) in [5.41, 5.74) is 8.27. The SMILES string of the molecule is C/C=C(\C=C/C(=C/CCC)C(=O)N1CCN(C(C)=O)CC1)C(=C\CCC)/C1=C(c2c(C)c(F)cc(C)c2C=N)CCCC1. The van der Waals surface area contributed by atoms with Gasteiger partial charge in [-0.2, -0.15) is 0 Å². The summed E-state index contributed by atoms with van der Waals surface area (Å²) >= 11 is 0. The Morgan fingerprint density at radius 2 is 1.53 bits per heavy atom. The number of hydrogen-bond acceptors (Lipinski definition) is 3. The van der Waals surface area contributed by atoms with Crippen LogP contribution in [0.2, 0.25) is 0 Å². The minimum absolute atomic E-state index is 0.00139. The van der Waals surface area contributed by atoms with Gasteiger partial charge in [-0.25, -0.2) is 4.39 Å². The Kier molecular flexibility index (Phi) is 12.9. The van der Waals surface area contributed by atoms with Crippen LogP contribution in [0.15, 0.2) is 58.7 Å². The molecule has 232 valence electrons. The fourth-order valence-corrected chi connectivity index (χ4v) is 6.11. The van der Waals surface area contributed by atoms with E-state index in [1.165, 1.54) is 17.9 Å². The Morgan fingerprint density at radius 3 is 2.14 bits per heavy atom. The molecule has 0 aromatic heterocycles. The first kappa shape index (κ1) is 34.0. The van der Waals surface area contributed by atoms with Crippen molar-refractivity contribution in [1.29, 1.82) is 5.41 Å². The number of benzene rings is 1. The summed E-state index contributed by atoms with van der Waals surface area (Å²) in [6.45, 7) is 13.8. The van der Waals surface area contributed by atoms with E-state index in [4.69, 9.17) is 5.41 Å². The monoisotopic (exact) mass is 587 g/mol. The first-order valence-corrected chi connectivity index (χ1v) is 16.0. The maximum absolute atomic E-state index is 15.1. The smallest absolute Gasteiger partial charge is 0.253 e. The predicted octanol–water partition coefficient (Wildman–Crippen LogP) is 8.41. The first-order valence-electron chi connectivity index (χ1n) is 16.0. The van der Waals surface area contributed by atoms with E-state index in [0.29, 0.717) is 37.3 Å². The second-order valence-corrected chi connectivity index (χ2v) is 11.6. The number of nitrogens with zero attached hydrogens (tertiary/aromatic N) is 2. The summed E-state index contributed by atoms with van der Waals surface area (Å²) in [5.74, 6) is -0.179. The highest BCUT2D eigenvalue weighted by Crippen LogP contribution is 2.42. The molecule has 6 heteroatoms. The molecule has 1 N–H and O–H groups in total. The van der Waals surface area contributed by atoms with Crippen LogP contribution in [-0.2, 0) is 9.59 Å². The van der Waals surface area contributed by atoms with Gasteiger partial charge in [0.2, 0.25) is 5.91 Å². The molecule has 1 aliphatic carbocycles. The van der Waals surface area contributed by atoms with Crippen LogP contribution in [0.25, 0.3) is 5.57 Å². The van der Waals surface area contributed by atoms with Gasteiger partial charge < -0.3 is 15.2 Å². The lowest BCUT2D eigenvalue weighted by molar-refractivity contribution is -0.136. The molecule has 5 nitrogen and oxygen atoms in total. The van der Waals surface area contributed by atoms with E-state index in [1.54, 1.807) is 11.8 Å². The summed E-state index contributed by atoms with van der Waals surface area (Å²) in [4.78, 5) is 29.1. The van der Waals surface area contributed by atoms with E-state index in [1.807, 2.05) is 37.8 Å². The Hall–Kier alpha value is -3.54. The predicted molar refractivity (Wildman–Crippen MR) is 177 cm³/mol. The number of unbranched alkanes of at least 4 members (excludes halogenated alkanes) is 2. The number of nitrogens with one attached hydrogen (secondary N) is 1. The third-order valence-corrected chi connectivity index (χ3v) is 8.62. The Morgan fingerprint density at radius 1 is 0.930 bits per heavy atom. The van der Waals surface area contributed by atoms with Crippen LogP contribution in [0.4, 0.5) is 4.39 Å². The van der Waals surface area contributed by atoms with Gasteiger partial charge in [0, 0.05) is 50.5 Å². The Labute approximate surface area is 258 Å². The largest absolute Gasteiger partial charge is 0.339 e. The number of hydrogen-bond donors (Lipinski definition) is 1. The van der Waals surface area contributed by atoms with Crippen LogP contribution in [0.3, 0.4) is 0 Å². The van der Waals surface area contributed by atoms with Gasteiger partial charge in [-0.1, -0.05) is 51.0 Å². The molecule has 3 rings (SSSR count). The molecule has 2 aliphatic rings. The molecule has 0 bridgehead atoms. The van der Waals surface area contributed by atoms with Crippen molar-refractivity contribution in [1.82, 2.24) is 9.80 Å². The lowest BCUT2D eigenvalue weighted by Crippen LogP contribution is -2.50. The molecule has 0 unspecified atom stereocenters. The first-order chi connectivity index (χ1) is 20.7. The molecular weight excluding hydrogens is 537 g/mol. The number of rotatable bonds is 11. The quantitative estimate of drug-likeness (QED) is 0.160. The number of halogens is 1. The highest BCUT2D eigenvalue weighted by Gasteiger charge is 2.26. The van der Waals surface area contributed by atoms with E-state index < -0.39 is 0 Å². The summed E-state index contributed by atoms with van der Waals surface area (Å²) in [5, 5.41) is 8.17. The van der Waals surface area contributed by atoms with E-state index in [-0.39, 0.29) is 17.6 Å². The lowest BCUT2D eigenvalue weighted by atomic mass is 9.78. The van der Waals surface area contributed by atoms with Gasteiger partial charge >= 0.3 is 0 Å². The summed E-state index contributed by atoms with van der Waals surface area (Å²) in [6.07, 6.45) is 19.3. The topological polar surface area (TPSA) is 64.5 Å². The fraction of sp³-hybridized carbons (Fsp3) is 0.486. The fourth-order valence-electron chi connectivity index (χ4n) is 6.11. The molecule has 0 spiro atoms. The van der Waals surface area contributed by atoms with E-state index in [0.717, 1.165) is 84.8 Å². The zero-order valence-corrected chi connectivity index (χ0v) is 27.1. The molecular formula is C37H50FN3O2. The van der Waals surface area contributed by atoms with E-state index in [9.17, 15) is 9.59 Å². The molecule has 1 saturated heterocycles. The molecule has 0 radical (unpaired) electrons. The molecule has 1 heterocycles. The zero-order valence-electron chi connectivity index (χ0n) is 27.1. The third-order valence-electron chi connectivity index (χ3n) is 8.62. The Bertz CT molecular complexity index is 1350. The lowest BCUT2D eigenvalue weighted by Gasteiger charge is -2.34. The number of aryl methyl sites for hydroxylation is 1. The van der Waals surface area contributed by atoms with Crippen molar-refractivity contribution in [2.45, 2.75) is 92.9 Å². The second-order valence-electron chi connectivity index (χ2n) is 11.6. The number of carbonyl (C=O) groups is 2. The molecule has 1 fully saturated rings. The van der Waals surface area contributed by atoms with Crippen LogP contribution in [0.1, 0.15) is 101 Å². The third kappa shape index (κ3) is 8.31. The average Bonchev–Trinajstić information content (AvgIpc) is 3.01. The van der Waals surface area contributed by atoms with Crippen LogP contribution in [0, 0.1) is 25.1 Å². The normalized spacial score (nSPS) is 17.2. The molecule has 0 saturated carbocycles. The molecule has 1 aromatic carbocycles. The van der Waals surface area contributed by atoms with Crippen molar-refractivity contribution in [2.75, 3.05) is 26.2 Å². The van der Waals surface area contributed by atoms with E-state index in [2.05, 4.69) is 32.1 Å². The molecule has 0 atom stereocenters. The van der Waals surface area contributed by atoms with Crippen LogP contribution < -0.4 is 0 Å². The minimum Gasteiger partial charge on any atom is -0.339 e. The van der Waals surface area contributed by atoms with Crippen molar-refractivity contribution in [3.05, 3.63) is 86.8 Å². The zero-order chi connectivity index (χ0) is 31.5. The van der Waals surface area contributed by atoms with Gasteiger partial charge in [0.05, 0.1) is 0 Å². The standard InChI is InChI=1S/C37H50FN3O2/c1-7-10-14-30(37(43)41-22-20-40(21-23-41)28(6)42)19-18-29(9-3)31(15-11-8-2)32-16-12-13-17-33(32)36-27(5)35(38)24-26(4)34(36)25-39/h9,14-15,18-19,24-25,39H,7-8,10-13,16-17,20-23H2,1-6H3/b19-18-,29-9+,30-14-,31-15+,39-25?. The second kappa shape index (κ2) is 16.3. The molecule has 1 aliphatic heterocycles. The van der Waals surface area contributed by atoms with Gasteiger partial charge in [-0.3, -0.25) is 9.59 Å². The van der Waals surface area contributed by atoms with E-state index >= 15 is 4.39 Å². The number of piperazine rings is 1. The summed E-state index contributed by atoms with van der Waals surface area (Å²) in [7, 11) is 0. The van der Waals surface area contributed by atoms with Crippen LogP contribution in [0.5, 0.6) is 0 Å². The number of allylic oxidation sites excluding steroid dienone is 8. The van der Waals surface area contributed by atoms with Crippen molar-refractivity contribution < 1.29 is 14.0 Å². The van der Waals surface area contributed by atoms with Gasteiger partial charge in [0.25, 0.3) is 5.91 Å². The van der Waals surface area contributed by atoms with Gasteiger partial charge in [0.1, 0.15) is 5.82 Å². The van der Waals surface area contributed by atoms with Crippen molar-refractivity contribution in [3.63, 3.8) is 0 Å². The number of carbonyl (C=O) groups excluding carboxylic acids is 2. The van der Waals surface area contributed by atoms with Crippen molar-refractivity contribution in [3.8, 4) is 0 Å². The maximum Gasteiger partial charge on any atom is 0.253 e. The van der Waals surface area contributed by atoms with Gasteiger partial charge in [0.15, 0.2) is 0 Å². The van der Waals surface area contributed by atoms with Crippen molar-refractivity contribution in [2.24, 2.45) is 0 Å². The summed E-state index contributed by atoms with van der Waals surface area (Å²) < 4.78 is 15.1. The average molecular weight is 588 g/mol. The van der Waals surface area contributed by atoms with Gasteiger partial charge in [-0.05, 0) is 110 Å². The van der Waals surface area contributed by atoms with Crippen LogP contribution >= 0.6 is 0 Å². The molecule has 43 heavy (non-hydrogen) atoms.